The Morgan fingerprint density at radius 2 is 1.96 bits per heavy atom. The molecule has 26 heavy (non-hydrogen) atoms. The Kier molecular flexibility index (Phi) is 4.75. The number of likely N-dealkylation sites (tertiary alicyclic amines) is 1. The number of nitrogens with two attached hydrogens (primary N) is 1. The first-order valence-corrected chi connectivity index (χ1v) is 9.86. The fraction of sp³-hybridized carbons (Fsp3) is 0.474. The molecule has 4 rings (SSSR count). The predicted molar refractivity (Wildman–Crippen MR) is 96.6 cm³/mol. The Hall–Kier alpha value is -1.86. The molecule has 1 saturated heterocycles. The molecule has 2 unspecified atom stereocenters. The lowest BCUT2D eigenvalue weighted by molar-refractivity contribution is -0.139. The highest BCUT2D eigenvalue weighted by Crippen LogP contribution is 2.32. The molecule has 1 aliphatic heterocycles. The van der Waals surface area contributed by atoms with E-state index in [1.807, 2.05) is 10.3 Å². The lowest BCUT2D eigenvalue weighted by atomic mass is 9.84. The molecule has 4 nitrogen and oxygen atoms in total. The van der Waals surface area contributed by atoms with Gasteiger partial charge in [-0.25, -0.2) is 13.8 Å². The molecule has 2 fully saturated rings. The molecule has 1 saturated carbocycles. The van der Waals surface area contributed by atoms with E-state index in [-0.39, 0.29) is 23.9 Å². The molecular formula is C19H21F2N3OS. The maximum atomic E-state index is 13.4. The normalized spacial score (nSPS) is 23.3. The number of aromatic nitrogens is 1. The quantitative estimate of drug-likeness (QED) is 0.889. The number of nitrogens with zero attached hydrogens (tertiary/aromatic N) is 2. The molecule has 0 bridgehead atoms. The van der Waals surface area contributed by atoms with Crippen molar-refractivity contribution in [2.45, 2.75) is 44.2 Å². The second-order valence-corrected chi connectivity index (χ2v) is 8.04. The summed E-state index contributed by atoms with van der Waals surface area (Å²) < 4.78 is 26.9. The SMILES string of the molecule is NC1CCN(C(=O)C2CCC2)C1Cc1csc(-c2cc(F)cc(F)c2)n1. The largest absolute Gasteiger partial charge is 0.337 e. The van der Waals surface area contributed by atoms with Crippen LogP contribution in [0.3, 0.4) is 0 Å². The number of benzene rings is 1. The minimum atomic E-state index is -0.619. The van der Waals surface area contributed by atoms with E-state index in [9.17, 15) is 13.6 Å². The third kappa shape index (κ3) is 3.38. The molecule has 2 N–H and O–H groups in total. The molecule has 2 atom stereocenters. The number of halogens is 2. The summed E-state index contributed by atoms with van der Waals surface area (Å²) in [4.78, 5) is 19.1. The van der Waals surface area contributed by atoms with E-state index in [2.05, 4.69) is 4.98 Å². The van der Waals surface area contributed by atoms with Crippen molar-refractivity contribution in [2.24, 2.45) is 11.7 Å². The minimum absolute atomic E-state index is 0.0534. The van der Waals surface area contributed by atoms with Gasteiger partial charge in [0.15, 0.2) is 0 Å². The monoisotopic (exact) mass is 377 g/mol. The molecule has 138 valence electrons. The van der Waals surface area contributed by atoms with Gasteiger partial charge in [-0.3, -0.25) is 4.79 Å². The number of hydrogen-bond donors (Lipinski definition) is 1. The van der Waals surface area contributed by atoms with E-state index in [1.54, 1.807) is 0 Å². The summed E-state index contributed by atoms with van der Waals surface area (Å²) >= 11 is 1.35. The van der Waals surface area contributed by atoms with Crippen LogP contribution in [0.5, 0.6) is 0 Å². The lowest BCUT2D eigenvalue weighted by Gasteiger charge is -2.33. The van der Waals surface area contributed by atoms with Crippen molar-refractivity contribution in [1.29, 1.82) is 0 Å². The van der Waals surface area contributed by atoms with Gasteiger partial charge in [0.1, 0.15) is 16.6 Å². The van der Waals surface area contributed by atoms with Crippen molar-refractivity contribution in [2.75, 3.05) is 6.54 Å². The van der Waals surface area contributed by atoms with Gasteiger partial charge in [0.25, 0.3) is 0 Å². The van der Waals surface area contributed by atoms with E-state index in [1.165, 1.54) is 23.5 Å². The highest BCUT2D eigenvalue weighted by molar-refractivity contribution is 7.13. The molecule has 2 heterocycles. The van der Waals surface area contributed by atoms with Crippen LogP contribution in [0.25, 0.3) is 10.6 Å². The van der Waals surface area contributed by atoms with Crippen molar-refractivity contribution in [3.8, 4) is 10.6 Å². The second-order valence-electron chi connectivity index (χ2n) is 7.19. The first kappa shape index (κ1) is 17.5. The molecule has 1 aliphatic carbocycles. The van der Waals surface area contributed by atoms with E-state index in [0.717, 1.165) is 37.4 Å². The van der Waals surface area contributed by atoms with Crippen LogP contribution < -0.4 is 5.73 Å². The maximum Gasteiger partial charge on any atom is 0.225 e. The number of thiazole rings is 1. The minimum Gasteiger partial charge on any atom is -0.337 e. The van der Waals surface area contributed by atoms with Crippen LogP contribution in [0, 0.1) is 17.6 Å². The molecule has 1 aromatic carbocycles. The van der Waals surface area contributed by atoms with Crippen LogP contribution in [-0.4, -0.2) is 34.4 Å². The molecular weight excluding hydrogens is 356 g/mol. The molecule has 2 aromatic rings. The van der Waals surface area contributed by atoms with Crippen LogP contribution >= 0.6 is 11.3 Å². The van der Waals surface area contributed by atoms with Crippen LogP contribution in [-0.2, 0) is 11.2 Å². The third-order valence-corrected chi connectivity index (χ3v) is 6.36. The van der Waals surface area contributed by atoms with Gasteiger partial charge in [-0.1, -0.05) is 6.42 Å². The van der Waals surface area contributed by atoms with Gasteiger partial charge in [-0.2, -0.15) is 0 Å². The summed E-state index contributed by atoms with van der Waals surface area (Å²) in [6.45, 7) is 0.702. The Morgan fingerprint density at radius 1 is 1.23 bits per heavy atom. The van der Waals surface area contributed by atoms with Crippen molar-refractivity contribution < 1.29 is 13.6 Å². The summed E-state index contributed by atoms with van der Waals surface area (Å²) in [5, 5.41) is 2.46. The number of hydrogen-bond acceptors (Lipinski definition) is 4. The highest BCUT2D eigenvalue weighted by Gasteiger charge is 2.39. The number of carbonyl (C=O) groups is 1. The van der Waals surface area contributed by atoms with E-state index in [4.69, 9.17) is 5.73 Å². The number of carbonyl (C=O) groups excluding carboxylic acids is 1. The zero-order valence-electron chi connectivity index (χ0n) is 14.3. The van der Waals surface area contributed by atoms with Crippen LogP contribution in [0.2, 0.25) is 0 Å². The third-order valence-electron chi connectivity index (χ3n) is 5.41. The predicted octanol–water partition coefficient (Wildman–Crippen LogP) is 3.36. The molecule has 2 aliphatic rings. The first-order valence-electron chi connectivity index (χ1n) is 8.98. The van der Waals surface area contributed by atoms with Gasteiger partial charge >= 0.3 is 0 Å². The maximum absolute atomic E-state index is 13.4. The van der Waals surface area contributed by atoms with Gasteiger partial charge in [0.05, 0.1) is 11.7 Å². The summed E-state index contributed by atoms with van der Waals surface area (Å²) in [6, 6.07) is 3.29. The van der Waals surface area contributed by atoms with Crippen LogP contribution in [0.4, 0.5) is 8.78 Å². The topological polar surface area (TPSA) is 59.2 Å². The molecule has 1 amide bonds. The van der Waals surface area contributed by atoms with Crippen molar-refractivity contribution in [3.05, 3.63) is 40.9 Å². The van der Waals surface area contributed by atoms with Crippen LogP contribution in [0.15, 0.2) is 23.6 Å². The Balaban J connectivity index is 1.51. The van der Waals surface area contributed by atoms with Gasteiger partial charge in [0.2, 0.25) is 5.91 Å². The summed E-state index contributed by atoms with van der Waals surface area (Å²) in [7, 11) is 0. The van der Waals surface area contributed by atoms with E-state index < -0.39 is 11.6 Å². The molecule has 0 spiro atoms. The van der Waals surface area contributed by atoms with Crippen molar-refractivity contribution in [1.82, 2.24) is 9.88 Å². The summed E-state index contributed by atoms with van der Waals surface area (Å²) in [6.07, 6.45) is 4.45. The smallest absolute Gasteiger partial charge is 0.225 e. The Morgan fingerprint density at radius 3 is 2.62 bits per heavy atom. The average Bonchev–Trinajstić information content (AvgIpc) is 3.13. The zero-order chi connectivity index (χ0) is 18.3. The first-order chi connectivity index (χ1) is 12.5. The molecule has 7 heteroatoms. The van der Waals surface area contributed by atoms with Gasteiger partial charge in [0, 0.05) is 41.9 Å². The number of amides is 1. The second kappa shape index (κ2) is 7.04. The van der Waals surface area contributed by atoms with Gasteiger partial charge in [-0.05, 0) is 31.4 Å². The molecule has 1 aromatic heterocycles. The fourth-order valence-corrected chi connectivity index (χ4v) is 4.55. The average molecular weight is 377 g/mol. The lowest BCUT2D eigenvalue weighted by Crippen LogP contribution is -2.47. The van der Waals surface area contributed by atoms with Crippen molar-refractivity contribution >= 4 is 17.2 Å². The van der Waals surface area contributed by atoms with Gasteiger partial charge < -0.3 is 10.6 Å². The van der Waals surface area contributed by atoms with Gasteiger partial charge in [-0.15, -0.1) is 11.3 Å². The Labute approximate surface area is 155 Å². The standard InChI is InChI=1S/C19H21F2N3OS/c20-13-6-12(7-14(21)8-13)18-23-15(10-26-18)9-17-16(22)4-5-24(17)19(25)11-2-1-3-11/h6-8,10-11,16-17H,1-5,9,22H2. The van der Waals surface area contributed by atoms with E-state index in [0.29, 0.717) is 23.5 Å². The molecule has 0 radical (unpaired) electrons. The van der Waals surface area contributed by atoms with Crippen LogP contribution in [0.1, 0.15) is 31.4 Å². The Bertz CT molecular complexity index is 801. The fourth-order valence-electron chi connectivity index (χ4n) is 3.73. The number of rotatable bonds is 4. The summed E-state index contributed by atoms with van der Waals surface area (Å²) in [5.74, 6) is -0.861. The highest BCUT2D eigenvalue weighted by atomic mass is 32.1. The van der Waals surface area contributed by atoms with Crippen molar-refractivity contribution in [3.63, 3.8) is 0 Å². The van der Waals surface area contributed by atoms with E-state index >= 15 is 0 Å². The zero-order valence-corrected chi connectivity index (χ0v) is 15.1. The summed E-state index contributed by atoms with van der Waals surface area (Å²) in [5.41, 5.74) is 7.49.